The third-order valence-electron chi connectivity index (χ3n) is 3.96. The lowest BCUT2D eigenvalue weighted by Gasteiger charge is -1.97. The summed E-state index contributed by atoms with van der Waals surface area (Å²) in [7, 11) is 0. The number of rotatable bonds is 0. The fraction of sp³-hybridized carbons (Fsp3) is 0. The van der Waals surface area contributed by atoms with Gasteiger partial charge in [-0.3, -0.25) is 4.98 Å². The molecule has 110 valence electrons. The highest BCUT2D eigenvalue weighted by Gasteiger charge is 1.98. The van der Waals surface area contributed by atoms with E-state index in [0.29, 0.717) is 0 Å². The van der Waals surface area contributed by atoms with E-state index in [4.69, 9.17) is 0 Å². The van der Waals surface area contributed by atoms with E-state index < -0.39 is 0 Å². The van der Waals surface area contributed by atoms with Gasteiger partial charge in [0.15, 0.2) is 0 Å². The van der Waals surface area contributed by atoms with Crippen LogP contribution in [0.15, 0.2) is 91.3 Å². The van der Waals surface area contributed by atoms with Crippen LogP contribution in [0, 0.1) is 0 Å². The second kappa shape index (κ2) is 5.93. The Morgan fingerprint density at radius 2 is 1.35 bits per heavy atom. The molecule has 5 aromatic rings. The molecule has 0 radical (unpaired) electrons. The first-order valence-electron chi connectivity index (χ1n) is 7.66. The van der Waals surface area contributed by atoms with Gasteiger partial charge in [0.05, 0.1) is 11.0 Å². The Morgan fingerprint density at radius 1 is 0.609 bits per heavy atom. The van der Waals surface area contributed by atoms with E-state index in [1.54, 1.807) is 0 Å². The summed E-state index contributed by atoms with van der Waals surface area (Å²) in [5.74, 6) is 0. The minimum Gasteiger partial charge on any atom is -0.361 e. The number of nitrogens with one attached hydrogen (secondary N) is 1. The fourth-order valence-corrected chi connectivity index (χ4v) is 2.82. The van der Waals surface area contributed by atoms with Gasteiger partial charge in [0.25, 0.3) is 0 Å². The van der Waals surface area contributed by atoms with Crippen LogP contribution in [0.5, 0.6) is 0 Å². The first-order valence-corrected chi connectivity index (χ1v) is 7.66. The first kappa shape index (κ1) is 13.5. The van der Waals surface area contributed by atoms with E-state index >= 15 is 0 Å². The second-order valence-corrected chi connectivity index (χ2v) is 5.42. The molecular weight excluding hydrogens is 280 g/mol. The molecule has 0 amide bonds. The molecule has 1 N–H and O–H groups in total. The number of nitrogens with zero attached hydrogens (tertiary/aromatic N) is 1. The summed E-state index contributed by atoms with van der Waals surface area (Å²) < 4.78 is 0. The summed E-state index contributed by atoms with van der Waals surface area (Å²) in [6.07, 6.45) is 3.79. The lowest BCUT2D eigenvalue weighted by atomic mass is 10.1. The van der Waals surface area contributed by atoms with Crippen molar-refractivity contribution in [2.75, 3.05) is 0 Å². The monoisotopic (exact) mass is 296 g/mol. The minimum atomic E-state index is 1.06. The quantitative estimate of drug-likeness (QED) is 0.398. The van der Waals surface area contributed by atoms with Crippen LogP contribution in [0.1, 0.15) is 0 Å². The number of benzene rings is 3. The largest absolute Gasteiger partial charge is 0.361 e. The highest BCUT2D eigenvalue weighted by Crippen LogP contribution is 2.23. The van der Waals surface area contributed by atoms with Crippen LogP contribution in [-0.2, 0) is 0 Å². The Morgan fingerprint density at radius 3 is 2.26 bits per heavy atom. The van der Waals surface area contributed by atoms with Crippen molar-refractivity contribution in [2.24, 2.45) is 0 Å². The fourth-order valence-electron chi connectivity index (χ4n) is 2.82. The molecule has 23 heavy (non-hydrogen) atoms. The number of para-hydroxylation sites is 1. The van der Waals surface area contributed by atoms with Gasteiger partial charge in [-0.2, -0.15) is 0 Å². The van der Waals surface area contributed by atoms with Crippen molar-refractivity contribution in [3.05, 3.63) is 91.3 Å². The lowest BCUT2D eigenvalue weighted by molar-refractivity contribution is 1.41. The predicted octanol–water partition coefficient (Wildman–Crippen LogP) is 5.56. The van der Waals surface area contributed by atoms with Crippen LogP contribution in [0.25, 0.3) is 32.6 Å². The van der Waals surface area contributed by atoms with Crippen molar-refractivity contribution in [2.45, 2.75) is 0 Å². The molecule has 5 rings (SSSR count). The summed E-state index contributed by atoms with van der Waals surface area (Å²) in [5, 5.41) is 5.06. The lowest BCUT2D eigenvalue weighted by Crippen LogP contribution is -1.73. The van der Waals surface area contributed by atoms with Gasteiger partial charge in [0, 0.05) is 28.6 Å². The molecule has 0 aliphatic rings. The highest BCUT2D eigenvalue weighted by atomic mass is 14.7. The smallest absolute Gasteiger partial charge is 0.0701 e. The van der Waals surface area contributed by atoms with Gasteiger partial charge in [0.2, 0.25) is 0 Å². The highest BCUT2D eigenvalue weighted by molar-refractivity contribution is 6.05. The molecule has 0 unspecified atom stereocenters. The molecule has 0 atom stereocenters. The van der Waals surface area contributed by atoms with Gasteiger partial charge in [-0.1, -0.05) is 60.7 Å². The molecule has 0 aliphatic carbocycles. The molecule has 0 saturated carbocycles. The zero-order chi connectivity index (χ0) is 15.5. The SMILES string of the molecule is c1ccc2c(c1)ccc1cc[nH]c12.c1ccc2ncccc2c1. The van der Waals surface area contributed by atoms with Crippen molar-refractivity contribution in [1.82, 2.24) is 9.97 Å². The maximum atomic E-state index is 4.18. The number of H-pyrrole nitrogens is 1. The minimum absolute atomic E-state index is 1.06. The Balaban J connectivity index is 0.000000122. The number of aromatic nitrogens is 2. The maximum absolute atomic E-state index is 4.18. The van der Waals surface area contributed by atoms with Crippen LogP contribution < -0.4 is 0 Å². The van der Waals surface area contributed by atoms with Crippen molar-refractivity contribution < 1.29 is 0 Å². The van der Waals surface area contributed by atoms with Crippen LogP contribution in [0.3, 0.4) is 0 Å². The first-order chi connectivity index (χ1) is 11.4. The summed E-state index contributed by atoms with van der Waals surface area (Å²) >= 11 is 0. The summed E-state index contributed by atoms with van der Waals surface area (Å²) in [5.41, 5.74) is 2.29. The molecule has 0 aliphatic heterocycles. The number of hydrogen-bond acceptors (Lipinski definition) is 1. The number of aromatic amines is 1. The molecule has 3 aromatic carbocycles. The molecule has 2 nitrogen and oxygen atoms in total. The summed E-state index contributed by atoms with van der Waals surface area (Å²) in [4.78, 5) is 7.44. The normalized spacial score (nSPS) is 10.6. The zero-order valence-corrected chi connectivity index (χ0v) is 12.6. The van der Waals surface area contributed by atoms with Crippen molar-refractivity contribution in [3.8, 4) is 0 Å². The van der Waals surface area contributed by atoms with Gasteiger partial charge < -0.3 is 4.98 Å². The van der Waals surface area contributed by atoms with Crippen molar-refractivity contribution in [1.29, 1.82) is 0 Å². The van der Waals surface area contributed by atoms with Gasteiger partial charge in [-0.15, -0.1) is 0 Å². The topological polar surface area (TPSA) is 28.7 Å². The van der Waals surface area contributed by atoms with Gasteiger partial charge in [-0.25, -0.2) is 0 Å². The third-order valence-corrected chi connectivity index (χ3v) is 3.96. The molecule has 2 heterocycles. The molecule has 2 aromatic heterocycles. The van der Waals surface area contributed by atoms with Crippen molar-refractivity contribution in [3.63, 3.8) is 0 Å². The second-order valence-electron chi connectivity index (χ2n) is 5.42. The zero-order valence-electron chi connectivity index (χ0n) is 12.6. The van der Waals surface area contributed by atoms with Crippen LogP contribution in [-0.4, -0.2) is 9.97 Å². The van der Waals surface area contributed by atoms with Gasteiger partial charge in [-0.05, 0) is 23.6 Å². The number of fused-ring (bicyclic) bond motifs is 4. The number of pyridine rings is 1. The summed E-state index contributed by atoms with van der Waals surface area (Å²) in [6.45, 7) is 0. The van der Waals surface area contributed by atoms with Gasteiger partial charge >= 0.3 is 0 Å². The molecule has 0 fully saturated rings. The van der Waals surface area contributed by atoms with Gasteiger partial charge in [0.1, 0.15) is 0 Å². The molecule has 0 bridgehead atoms. The van der Waals surface area contributed by atoms with E-state index in [2.05, 4.69) is 64.6 Å². The third kappa shape index (κ3) is 2.67. The van der Waals surface area contributed by atoms with E-state index in [9.17, 15) is 0 Å². The van der Waals surface area contributed by atoms with Crippen molar-refractivity contribution >= 4 is 32.6 Å². The average Bonchev–Trinajstić information content (AvgIpc) is 3.12. The predicted molar refractivity (Wildman–Crippen MR) is 97.5 cm³/mol. The molecule has 0 saturated heterocycles. The average molecular weight is 296 g/mol. The van der Waals surface area contributed by atoms with Crippen LogP contribution in [0.4, 0.5) is 0 Å². The van der Waals surface area contributed by atoms with E-state index in [1.165, 1.54) is 27.1 Å². The Bertz CT molecular complexity index is 1010. The Hall–Kier alpha value is -3.13. The Kier molecular flexibility index (Phi) is 3.49. The van der Waals surface area contributed by atoms with E-state index in [-0.39, 0.29) is 0 Å². The molecule has 0 spiro atoms. The molecule has 2 heteroatoms. The van der Waals surface area contributed by atoms with E-state index in [0.717, 1.165) is 5.52 Å². The van der Waals surface area contributed by atoms with E-state index in [1.807, 2.05) is 36.7 Å². The standard InChI is InChI=1S/C12H9N.C9H7N/c1-2-4-11-9(3-1)5-6-10-7-8-13-12(10)11;1-2-6-9-8(4-1)5-3-7-10-9/h1-8,13H;1-7H. The molecular formula is C21H16N2. The number of hydrogen-bond donors (Lipinski definition) is 1. The Labute approximate surface area is 134 Å². The maximum Gasteiger partial charge on any atom is 0.0701 e. The van der Waals surface area contributed by atoms with Crippen LogP contribution in [0.2, 0.25) is 0 Å². The van der Waals surface area contributed by atoms with Crippen LogP contribution >= 0.6 is 0 Å². The summed E-state index contributed by atoms with van der Waals surface area (Å²) in [6, 6.07) is 26.9.